The molecule has 0 radical (unpaired) electrons. The molecule has 0 bridgehead atoms. The van der Waals surface area contributed by atoms with Gasteiger partial charge in [-0.05, 0) is 77.6 Å². The molecule has 26 nitrogen and oxygen atoms in total. The predicted octanol–water partition coefficient (Wildman–Crippen LogP) is 22.4. The van der Waals surface area contributed by atoms with Gasteiger partial charge in [0.25, 0.3) is 0 Å². The maximum absolute atomic E-state index is 14.0. The van der Waals surface area contributed by atoms with Crippen LogP contribution in [0.15, 0.2) is 0 Å². The summed E-state index contributed by atoms with van der Waals surface area (Å²) in [6, 6.07) is -0.929. The van der Waals surface area contributed by atoms with Crippen molar-refractivity contribution in [2.75, 3.05) is 152 Å². The van der Waals surface area contributed by atoms with Gasteiger partial charge in [0.15, 0.2) is 0 Å². The molecule has 6 amide bonds. The summed E-state index contributed by atoms with van der Waals surface area (Å²) in [7, 11) is 0. The Bertz CT molecular complexity index is 2570. The zero-order valence-electron chi connectivity index (χ0n) is 86.0. The molecule has 0 fully saturated rings. The Labute approximate surface area is 810 Å². The van der Waals surface area contributed by atoms with E-state index in [1.165, 1.54) is 249 Å². The van der Waals surface area contributed by atoms with Crippen LogP contribution >= 0.6 is 0 Å². The van der Waals surface area contributed by atoms with E-state index in [9.17, 15) is 47.9 Å². The largest absolute Gasteiger partial charge is 0.464 e. The number of hydrogen-bond donors (Lipinski definition) is 4. The van der Waals surface area contributed by atoms with Gasteiger partial charge >= 0.3 is 23.9 Å². The van der Waals surface area contributed by atoms with Crippen molar-refractivity contribution in [1.29, 1.82) is 0 Å². The summed E-state index contributed by atoms with van der Waals surface area (Å²) in [6.45, 7) is 17.5. The Kier molecular flexibility index (Phi) is 99.5. The van der Waals surface area contributed by atoms with E-state index in [0.29, 0.717) is 137 Å². The van der Waals surface area contributed by atoms with Crippen molar-refractivity contribution in [3.63, 3.8) is 0 Å². The van der Waals surface area contributed by atoms with Crippen molar-refractivity contribution >= 4 is 59.3 Å². The molecule has 0 saturated carbocycles. The van der Waals surface area contributed by atoms with E-state index in [2.05, 4.69) is 49.0 Å². The zero-order chi connectivity index (χ0) is 96.8. The first-order valence-corrected chi connectivity index (χ1v) is 55.0. The molecule has 0 aromatic heterocycles. The predicted molar refractivity (Wildman–Crippen MR) is 535 cm³/mol. The van der Waals surface area contributed by atoms with Crippen LogP contribution in [-0.4, -0.2) is 227 Å². The summed E-state index contributed by atoms with van der Waals surface area (Å²) in [5.41, 5.74) is 0. The van der Waals surface area contributed by atoms with Crippen molar-refractivity contribution in [1.82, 2.24) is 31.1 Å². The molecule has 0 unspecified atom stereocenters. The van der Waals surface area contributed by atoms with Crippen molar-refractivity contribution in [2.45, 2.75) is 477 Å². The molecule has 0 saturated heterocycles. The number of unbranched alkanes of at least 4 members (excludes halogenated alkanes) is 49. The standard InChI is InChI=1S/C107H202N6O20/c1-6-11-15-19-23-27-31-35-39-43-47-51-55-70-103(119)130-85-78-112(79-86-131-104(120)71-56-52-48-44-40-36-32-28-24-20-16-12-7-2)101(117)68-61-66-98(114)108-75-60-59-65-97(107(123)110-77-64-83-126-92-95-129-94-91-125-82-63-76-109-99(115)74-84-127-93-96-128-90-89-124-10-5)111-100(116)67-62-69-102(118)113(80-87-132-105(121)72-57-53-49-45-41-37-33-29-25-21-17-13-8-3)81-88-133-106(122)73-58-54-50-46-42-38-34-30-26-22-18-14-9-4/h97H,6-96H2,1-5H3,(H,108,114)(H,109,115)(H,110,123)(H,111,116)/t97-/m0/s1. The van der Waals surface area contributed by atoms with Crippen LogP contribution in [0.4, 0.5) is 0 Å². The second-order valence-electron chi connectivity index (χ2n) is 36.6. The number of rotatable bonds is 107. The zero-order valence-corrected chi connectivity index (χ0v) is 86.0. The second-order valence-corrected chi connectivity index (χ2v) is 36.6. The first-order chi connectivity index (χ1) is 65.2. The summed E-state index contributed by atoms with van der Waals surface area (Å²) < 4.78 is 55.7. The Morgan fingerprint density at radius 1 is 0.211 bits per heavy atom. The van der Waals surface area contributed by atoms with Gasteiger partial charge in [0, 0.05) is 97.2 Å². The van der Waals surface area contributed by atoms with Gasteiger partial charge in [0.05, 0.1) is 85.6 Å². The third-order valence-corrected chi connectivity index (χ3v) is 24.3. The van der Waals surface area contributed by atoms with Gasteiger partial charge in [-0.2, -0.15) is 0 Å². The van der Waals surface area contributed by atoms with Crippen LogP contribution in [0, 0.1) is 0 Å². The third-order valence-electron chi connectivity index (χ3n) is 24.3. The topological polar surface area (TPSA) is 318 Å². The monoisotopic (exact) mass is 1890 g/mol. The summed E-state index contributed by atoms with van der Waals surface area (Å²) >= 11 is 0. The molecule has 26 heteroatoms. The lowest BCUT2D eigenvalue weighted by Crippen LogP contribution is -2.47. The Hall–Kier alpha value is -5.54. The third kappa shape index (κ3) is 95.2. The molecule has 4 N–H and O–H groups in total. The fourth-order valence-corrected chi connectivity index (χ4v) is 16.0. The van der Waals surface area contributed by atoms with Crippen LogP contribution in [-0.2, 0) is 95.3 Å². The van der Waals surface area contributed by atoms with Gasteiger partial charge in [-0.1, -0.05) is 336 Å². The van der Waals surface area contributed by atoms with Crippen molar-refractivity contribution < 1.29 is 95.3 Å². The van der Waals surface area contributed by atoms with Gasteiger partial charge in [-0.3, -0.25) is 47.9 Å². The van der Waals surface area contributed by atoms with Crippen LogP contribution in [0.2, 0.25) is 0 Å². The molecular formula is C107H202N6O20. The second kappa shape index (κ2) is 104. The highest BCUT2D eigenvalue weighted by Gasteiger charge is 2.23. The molecule has 0 rings (SSSR count). The molecule has 780 valence electrons. The molecule has 0 aliphatic heterocycles. The van der Waals surface area contributed by atoms with Crippen LogP contribution in [0.5, 0.6) is 0 Å². The lowest BCUT2D eigenvalue weighted by molar-refractivity contribution is -0.148. The Balaban J connectivity index is 5.82. The first kappa shape index (κ1) is 127. The normalized spacial score (nSPS) is 11.5. The number of carbonyl (C=O) groups is 10. The van der Waals surface area contributed by atoms with E-state index in [1.807, 2.05) is 6.92 Å². The van der Waals surface area contributed by atoms with E-state index in [-0.39, 0.29) is 170 Å². The maximum Gasteiger partial charge on any atom is 0.305 e. The van der Waals surface area contributed by atoms with Crippen molar-refractivity contribution in [3.05, 3.63) is 0 Å². The van der Waals surface area contributed by atoms with E-state index in [4.69, 9.17) is 47.4 Å². The molecule has 0 heterocycles. The Morgan fingerprint density at radius 3 is 0.759 bits per heavy atom. The fourth-order valence-electron chi connectivity index (χ4n) is 16.0. The summed E-state index contributed by atoms with van der Waals surface area (Å²) in [6.07, 6.45) is 66.8. The molecule has 0 aliphatic rings. The van der Waals surface area contributed by atoms with E-state index in [1.54, 1.807) is 4.90 Å². The quantitative estimate of drug-likeness (QED) is 0.0250. The summed E-state index contributed by atoms with van der Waals surface area (Å²) in [4.78, 5) is 136. The highest BCUT2D eigenvalue weighted by molar-refractivity contribution is 5.88. The minimum Gasteiger partial charge on any atom is -0.464 e. The summed E-state index contributed by atoms with van der Waals surface area (Å²) in [5.74, 6) is -2.90. The lowest BCUT2D eigenvalue weighted by atomic mass is 10.0. The van der Waals surface area contributed by atoms with E-state index in [0.717, 1.165) is 89.9 Å². The Morgan fingerprint density at radius 2 is 0.459 bits per heavy atom. The maximum atomic E-state index is 14.0. The van der Waals surface area contributed by atoms with Gasteiger partial charge < -0.3 is 78.4 Å². The highest BCUT2D eigenvalue weighted by Crippen LogP contribution is 2.20. The molecule has 0 aromatic carbocycles. The van der Waals surface area contributed by atoms with Crippen molar-refractivity contribution in [3.8, 4) is 0 Å². The molecule has 0 aliphatic carbocycles. The average Bonchev–Trinajstić information content (AvgIpc) is 0.933. The number of nitrogens with zero attached hydrogens (tertiary/aromatic N) is 2. The number of ether oxygens (including phenoxy) is 10. The SMILES string of the molecule is CCCCCCCCCCCCCCCC(=O)OCCN(CCOC(=O)CCCCCCCCCCCCCCC)C(=O)CCCC(=O)NCCCC[C@H](NC(=O)CCCC(=O)N(CCOC(=O)CCCCCCCCCCCCCCC)CCOC(=O)CCCCCCCCCCCCCCC)C(=O)NCCCOCCOCCOCCCNC(=O)CCOCCOCCOCC. The average molecular weight is 1890 g/mol. The van der Waals surface area contributed by atoms with Crippen LogP contribution in [0.3, 0.4) is 0 Å². The molecule has 1 atom stereocenters. The number of amides is 6. The summed E-state index contributed by atoms with van der Waals surface area (Å²) in [5, 5.41) is 11.7. The molecule has 0 spiro atoms. The van der Waals surface area contributed by atoms with Gasteiger partial charge in [0.1, 0.15) is 32.5 Å². The van der Waals surface area contributed by atoms with Crippen LogP contribution in [0.1, 0.15) is 471 Å². The fraction of sp³-hybridized carbons (Fsp3) is 0.907. The highest BCUT2D eigenvalue weighted by atomic mass is 16.6. The van der Waals surface area contributed by atoms with Crippen LogP contribution in [0.25, 0.3) is 0 Å². The van der Waals surface area contributed by atoms with Gasteiger partial charge in [0.2, 0.25) is 35.4 Å². The number of esters is 4. The lowest BCUT2D eigenvalue weighted by Gasteiger charge is -2.23. The van der Waals surface area contributed by atoms with Gasteiger partial charge in [-0.25, -0.2) is 0 Å². The van der Waals surface area contributed by atoms with E-state index < -0.39 is 11.9 Å². The molecular weight excluding hydrogens is 1690 g/mol. The minimum atomic E-state index is -0.929. The molecule has 133 heavy (non-hydrogen) atoms. The smallest absolute Gasteiger partial charge is 0.305 e. The number of carbonyl (C=O) groups excluding carboxylic acids is 10. The van der Waals surface area contributed by atoms with Crippen LogP contribution < -0.4 is 21.3 Å². The van der Waals surface area contributed by atoms with E-state index >= 15 is 0 Å². The number of nitrogens with one attached hydrogen (secondary N) is 4. The minimum absolute atomic E-state index is 0.0105. The molecule has 0 aromatic rings. The van der Waals surface area contributed by atoms with Gasteiger partial charge in [-0.15, -0.1) is 0 Å². The first-order valence-electron chi connectivity index (χ1n) is 55.0. The van der Waals surface area contributed by atoms with Crippen molar-refractivity contribution in [2.24, 2.45) is 0 Å². The number of hydrogen-bond acceptors (Lipinski definition) is 20.